The lowest BCUT2D eigenvalue weighted by atomic mass is 10.0. The number of rotatable bonds is 11. The molecule has 0 aromatic heterocycles. The average molecular weight is 290 g/mol. The Morgan fingerprint density at radius 3 is 1.80 bits per heavy atom. The van der Waals surface area contributed by atoms with Gasteiger partial charge in [0.2, 0.25) is 0 Å². The fourth-order valence-corrected chi connectivity index (χ4v) is 1.59. The highest BCUT2D eigenvalue weighted by Crippen LogP contribution is 2.11. The van der Waals surface area contributed by atoms with Gasteiger partial charge in [-0.05, 0) is 12.8 Å². The van der Waals surface area contributed by atoms with Crippen molar-refractivity contribution >= 4 is 5.97 Å². The molecule has 124 valence electrons. The predicted molar refractivity (Wildman–Crippen MR) is 88.2 cm³/mol. The summed E-state index contributed by atoms with van der Waals surface area (Å²) in [5.74, 6) is -0.822. The maximum atomic E-state index is 10.2. The zero-order valence-corrected chi connectivity index (χ0v) is 13.2. The third-order valence-electron chi connectivity index (χ3n) is 3.08. The smallest absolute Gasteiger partial charge is 0.303 e. The van der Waals surface area contributed by atoms with Gasteiger partial charge in [0.15, 0.2) is 0 Å². The van der Waals surface area contributed by atoms with Crippen molar-refractivity contribution in [1.82, 2.24) is 0 Å². The van der Waals surface area contributed by atoms with Gasteiger partial charge in [-0.2, -0.15) is 0 Å². The molecule has 0 amide bonds. The van der Waals surface area contributed by atoms with Crippen molar-refractivity contribution in [3.05, 3.63) is 0 Å². The van der Waals surface area contributed by atoms with Crippen LogP contribution in [0.5, 0.6) is 0 Å². The van der Waals surface area contributed by atoms with Crippen molar-refractivity contribution in [3.63, 3.8) is 0 Å². The third-order valence-corrected chi connectivity index (χ3v) is 3.08. The second-order valence-corrected chi connectivity index (χ2v) is 5.14. The van der Waals surface area contributed by atoms with Crippen LogP contribution in [0.1, 0.15) is 98.8 Å². The van der Waals surface area contributed by atoms with Crippen LogP contribution in [0.25, 0.3) is 0 Å². The monoisotopic (exact) mass is 290 g/mol. The van der Waals surface area contributed by atoms with Crippen molar-refractivity contribution in [3.8, 4) is 0 Å². The normalized spacial score (nSPS) is 11.0. The van der Waals surface area contributed by atoms with Crippen molar-refractivity contribution in [2.45, 2.75) is 105 Å². The molecule has 0 saturated carbocycles. The lowest BCUT2D eigenvalue weighted by Gasteiger charge is -2.08. The molecule has 0 bridgehead atoms. The molecule has 0 fully saturated rings. The number of carboxylic acids is 1. The van der Waals surface area contributed by atoms with E-state index in [-0.39, 0.29) is 13.8 Å². The number of unbranched alkanes of at least 4 members (excludes halogenated alkanes) is 6. The van der Waals surface area contributed by atoms with Crippen molar-refractivity contribution in [2.75, 3.05) is 0 Å². The quantitative estimate of drug-likeness (QED) is 0.500. The van der Waals surface area contributed by atoms with Gasteiger partial charge in [0.25, 0.3) is 0 Å². The van der Waals surface area contributed by atoms with Crippen LogP contribution in [-0.2, 0) is 4.79 Å². The van der Waals surface area contributed by atoms with Crippen molar-refractivity contribution in [2.24, 2.45) is 0 Å². The first-order valence-corrected chi connectivity index (χ1v) is 7.98. The summed E-state index contributed by atoms with van der Waals surface area (Å²) in [5.41, 5.74) is 0. The van der Waals surface area contributed by atoms with E-state index in [1.165, 1.54) is 38.5 Å². The van der Waals surface area contributed by atoms with E-state index in [9.17, 15) is 9.90 Å². The minimum absolute atomic E-state index is 0. The first kappa shape index (κ1) is 24.4. The Labute approximate surface area is 126 Å². The number of aliphatic hydroxyl groups is 1. The van der Waals surface area contributed by atoms with Gasteiger partial charge in [-0.25, -0.2) is 0 Å². The summed E-state index contributed by atoms with van der Waals surface area (Å²) in [7, 11) is 0. The molecule has 0 rings (SSSR count). The number of hydrogen-bond acceptors (Lipinski definition) is 2. The maximum Gasteiger partial charge on any atom is 0.303 e. The molecule has 3 nitrogen and oxygen atoms in total. The summed E-state index contributed by atoms with van der Waals surface area (Å²) in [5, 5.41) is 17.9. The van der Waals surface area contributed by atoms with Gasteiger partial charge in [0, 0.05) is 6.42 Å². The number of carboxylic acid groups (broad SMARTS) is 1. The first-order chi connectivity index (χ1) is 9.08. The summed E-state index contributed by atoms with van der Waals surface area (Å²) >= 11 is 0. The molecule has 0 spiro atoms. The number of carbonyl (C=O) groups is 1. The van der Waals surface area contributed by atoms with Crippen LogP contribution in [0.4, 0.5) is 0 Å². The second kappa shape index (κ2) is 20.7. The van der Waals surface area contributed by atoms with E-state index in [2.05, 4.69) is 20.8 Å². The van der Waals surface area contributed by atoms with Gasteiger partial charge in [-0.3, -0.25) is 4.79 Å². The number of aliphatic carboxylic acids is 1. The Morgan fingerprint density at radius 1 is 0.850 bits per heavy atom. The summed E-state index contributed by atoms with van der Waals surface area (Å²) in [6.07, 6.45) is 10.7. The molecule has 0 saturated heterocycles. The lowest BCUT2D eigenvalue weighted by molar-refractivity contribution is -0.137. The largest absolute Gasteiger partial charge is 0.481 e. The van der Waals surface area contributed by atoms with Gasteiger partial charge in [-0.15, -0.1) is 0 Å². The molecule has 0 radical (unpaired) electrons. The standard InChI is InChI=1S/C12H24O3.C4H10.CH4/c1-2-3-4-5-6-7-8-11(13)9-10-12(14)15;1-3-4-2;/h11,13H,2-10H2,1H3,(H,14,15);3-4H2,1-2H3;1H4. The van der Waals surface area contributed by atoms with Crippen molar-refractivity contribution in [1.29, 1.82) is 0 Å². The van der Waals surface area contributed by atoms with E-state index in [0.717, 1.165) is 19.3 Å². The average Bonchev–Trinajstić information content (AvgIpc) is 2.40. The zero-order valence-electron chi connectivity index (χ0n) is 13.2. The van der Waals surface area contributed by atoms with E-state index in [1.807, 2.05) is 0 Å². The molecule has 1 unspecified atom stereocenters. The van der Waals surface area contributed by atoms with Crippen molar-refractivity contribution < 1.29 is 15.0 Å². The molecule has 0 aliphatic heterocycles. The van der Waals surface area contributed by atoms with Gasteiger partial charge in [0.05, 0.1) is 6.10 Å². The van der Waals surface area contributed by atoms with Gasteiger partial charge in [-0.1, -0.05) is 79.6 Å². The van der Waals surface area contributed by atoms with E-state index < -0.39 is 12.1 Å². The molecular weight excluding hydrogens is 252 g/mol. The lowest BCUT2D eigenvalue weighted by Crippen LogP contribution is -2.09. The Bertz CT molecular complexity index is 179. The molecule has 0 aromatic rings. The highest BCUT2D eigenvalue weighted by Gasteiger charge is 2.06. The Balaban J connectivity index is -0.000000508. The molecular formula is C17H38O3. The molecule has 0 aromatic carbocycles. The van der Waals surface area contributed by atoms with Crippen LogP contribution in [0, 0.1) is 0 Å². The summed E-state index contributed by atoms with van der Waals surface area (Å²) in [6.45, 7) is 6.55. The highest BCUT2D eigenvalue weighted by atomic mass is 16.4. The zero-order chi connectivity index (χ0) is 14.9. The Kier molecular flexibility index (Phi) is 25.4. The molecule has 2 N–H and O–H groups in total. The number of hydrogen-bond donors (Lipinski definition) is 2. The Hall–Kier alpha value is -0.570. The van der Waals surface area contributed by atoms with Crippen LogP contribution in [-0.4, -0.2) is 22.3 Å². The summed E-state index contributed by atoms with van der Waals surface area (Å²) in [6, 6.07) is 0. The highest BCUT2D eigenvalue weighted by molar-refractivity contribution is 5.66. The number of aliphatic hydroxyl groups excluding tert-OH is 1. The van der Waals surface area contributed by atoms with E-state index in [0.29, 0.717) is 6.42 Å². The maximum absolute atomic E-state index is 10.2. The topological polar surface area (TPSA) is 57.5 Å². The predicted octanol–water partition coefficient (Wildman–Crippen LogP) is 5.41. The summed E-state index contributed by atoms with van der Waals surface area (Å²) in [4.78, 5) is 10.2. The minimum atomic E-state index is -0.822. The third kappa shape index (κ3) is 26.1. The van der Waals surface area contributed by atoms with Crippen LogP contribution in [0.2, 0.25) is 0 Å². The Morgan fingerprint density at radius 2 is 1.35 bits per heavy atom. The summed E-state index contributed by atoms with van der Waals surface area (Å²) < 4.78 is 0. The fourth-order valence-electron chi connectivity index (χ4n) is 1.59. The molecule has 20 heavy (non-hydrogen) atoms. The molecule has 0 aliphatic carbocycles. The van der Waals surface area contributed by atoms with Crippen LogP contribution in [0.15, 0.2) is 0 Å². The van der Waals surface area contributed by atoms with Crippen LogP contribution < -0.4 is 0 Å². The van der Waals surface area contributed by atoms with Crippen LogP contribution >= 0.6 is 0 Å². The molecule has 0 aliphatic rings. The van der Waals surface area contributed by atoms with Crippen LogP contribution in [0.3, 0.4) is 0 Å². The fraction of sp³-hybridized carbons (Fsp3) is 0.941. The van der Waals surface area contributed by atoms with E-state index >= 15 is 0 Å². The van der Waals surface area contributed by atoms with Gasteiger partial charge in [0.1, 0.15) is 0 Å². The van der Waals surface area contributed by atoms with E-state index in [4.69, 9.17) is 5.11 Å². The van der Waals surface area contributed by atoms with Gasteiger partial charge < -0.3 is 10.2 Å². The SMILES string of the molecule is C.CCCC.CCCCCCCCC(O)CCC(=O)O. The van der Waals surface area contributed by atoms with Gasteiger partial charge >= 0.3 is 5.97 Å². The molecule has 0 heterocycles. The second-order valence-electron chi connectivity index (χ2n) is 5.14. The first-order valence-electron chi connectivity index (χ1n) is 7.98. The minimum Gasteiger partial charge on any atom is -0.481 e. The molecule has 1 atom stereocenters. The molecule has 3 heteroatoms. The van der Waals surface area contributed by atoms with E-state index in [1.54, 1.807) is 0 Å².